The van der Waals surface area contributed by atoms with Crippen LogP contribution in [0.15, 0.2) is 39.5 Å². The van der Waals surface area contributed by atoms with Gasteiger partial charge in [0.25, 0.3) is 0 Å². The summed E-state index contributed by atoms with van der Waals surface area (Å²) in [5.74, 6) is -0.867. The molecule has 0 unspecified atom stereocenters. The Labute approximate surface area is 92.9 Å². The van der Waals surface area contributed by atoms with Crippen LogP contribution in [-0.4, -0.2) is 5.97 Å². The van der Waals surface area contributed by atoms with Crippen molar-refractivity contribution in [2.45, 2.75) is 0 Å². The third kappa shape index (κ3) is 1.78. The van der Waals surface area contributed by atoms with Crippen molar-refractivity contribution in [2.24, 2.45) is 0 Å². The lowest BCUT2D eigenvalue weighted by atomic mass is 10.2. The Morgan fingerprint density at radius 1 is 1.33 bits per heavy atom. The van der Waals surface area contributed by atoms with Gasteiger partial charge >= 0.3 is 5.97 Å². The molecule has 0 atom stereocenters. The van der Waals surface area contributed by atoms with E-state index < -0.39 is 5.97 Å². The molecule has 0 bridgehead atoms. The topological polar surface area (TPSA) is 56.5 Å². The van der Waals surface area contributed by atoms with Gasteiger partial charge in [-0.1, -0.05) is 12.1 Å². The van der Waals surface area contributed by atoms with E-state index >= 15 is 0 Å². The average molecular weight is 269 g/mol. The van der Waals surface area contributed by atoms with Gasteiger partial charge in [0.15, 0.2) is 21.7 Å². The zero-order valence-electron chi connectivity index (χ0n) is 7.40. The summed E-state index contributed by atoms with van der Waals surface area (Å²) in [5, 5.41) is 0.434. The summed E-state index contributed by atoms with van der Waals surface area (Å²) in [7, 11) is 0. The van der Waals surface area contributed by atoms with E-state index in [0.29, 0.717) is 11.0 Å². The molecule has 0 saturated heterocycles. The molecule has 0 aliphatic carbocycles. The van der Waals surface area contributed by atoms with E-state index in [2.05, 4.69) is 20.1 Å². The molecule has 1 aromatic carbocycles. The van der Waals surface area contributed by atoms with Crippen LogP contribution in [0.4, 0.5) is 0 Å². The Morgan fingerprint density at radius 3 is 2.80 bits per heavy atom. The van der Waals surface area contributed by atoms with E-state index in [1.165, 1.54) is 0 Å². The van der Waals surface area contributed by atoms with Crippen LogP contribution in [0.1, 0.15) is 10.6 Å². The third-order valence-corrected chi connectivity index (χ3v) is 2.20. The lowest BCUT2D eigenvalue weighted by Gasteiger charge is -1.98. The molecule has 0 saturated carbocycles. The maximum absolute atomic E-state index is 11.5. The van der Waals surface area contributed by atoms with Crippen molar-refractivity contribution in [3.05, 3.63) is 46.3 Å². The van der Waals surface area contributed by atoms with Crippen LogP contribution in [0.5, 0.6) is 0 Å². The minimum absolute atomic E-state index is 0.129. The summed E-state index contributed by atoms with van der Waals surface area (Å²) in [5.41, 5.74) is 0.0858. The van der Waals surface area contributed by atoms with Crippen molar-refractivity contribution in [2.75, 3.05) is 0 Å². The van der Waals surface area contributed by atoms with Gasteiger partial charge in [0, 0.05) is 6.07 Å². The van der Waals surface area contributed by atoms with Gasteiger partial charge in [0.05, 0.1) is 5.39 Å². The largest absolute Gasteiger partial charge is 0.449 e. The Bertz CT molecular complexity index is 573. The first-order valence-electron chi connectivity index (χ1n) is 4.08. The van der Waals surface area contributed by atoms with Crippen LogP contribution >= 0.6 is 16.3 Å². The standard InChI is InChI=1S/C10H5BrO4/c11-15-10(13)9-5-7(12)6-3-1-2-4-8(6)14-9/h1-5H. The molecule has 5 heteroatoms. The monoisotopic (exact) mass is 268 g/mol. The third-order valence-electron chi connectivity index (χ3n) is 1.91. The van der Waals surface area contributed by atoms with Crippen LogP contribution in [0, 0.1) is 0 Å². The highest BCUT2D eigenvalue weighted by Gasteiger charge is 2.12. The summed E-state index contributed by atoms with van der Waals surface area (Å²) >= 11 is 2.53. The number of carbonyl (C=O) groups is 1. The highest BCUT2D eigenvalue weighted by atomic mass is 79.9. The predicted molar refractivity (Wildman–Crippen MR) is 56.8 cm³/mol. The second kappa shape index (κ2) is 3.86. The Balaban J connectivity index is 2.73. The molecule has 0 radical (unpaired) electrons. The van der Waals surface area contributed by atoms with Crippen molar-refractivity contribution in [3.8, 4) is 0 Å². The normalized spacial score (nSPS) is 10.2. The minimum atomic E-state index is -0.738. The van der Waals surface area contributed by atoms with Crippen LogP contribution in [0.25, 0.3) is 11.0 Å². The Kier molecular flexibility index (Phi) is 2.55. The maximum Gasteiger partial charge on any atom is 0.385 e. The van der Waals surface area contributed by atoms with Crippen molar-refractivity contribution in [1.29, 1.82) is 0 Å². The van der Waals surface area contributed by atoms with Crippen LogP contribution in [0.2, 0.25) is 0 Å². The van der Waals surface area contributed by atoms with Crippen molar-refractivity contribution < 1.29 is 13.0 Å². The van der Waals surface area contributed by atoms with Gasteiger partial charge in [0.2, 0.25) is 5.76 Å². The van der Waals surface area contributed by atoms with Gasteiger partial charge < -0.3 is 8.25 Å². The van der Waals surface area contributed by atoms with Gasteiger partial charge in [-0.3, -0.25) is 4.79 Å². The summed E-state index contributed by atoms with van der Waals surface area (Å²) in [6.45, 7) is 0. The van der Waals surface area contributed by atoms with Crippen LogP contribution in [-0.2, 0) is 3.83 Å². The summed E-state index contributed by atoms with van der Waals surface area (Å²) < 4.78 is 9.47. The van der Waals surface area contributed by atoms with Gasteiger partial charge in [0.1, 0.15) is 5.58 Å². The van der Waals surface area contributed by atoms with E-state index in [0.717, 1.165) is 6.07 Å². The molecule has 4 nitrogen and oxygen atoms in total. The fourth-order valence-electron chi connectivity index (χ4n) is 1.24. The first kappa shape index (κ1) is 9.92. The summed E-state index contributed by atoms with van der Waals surface area (Å²) in [6.07, 6.45) is 0. The van der Waals surface area contributed by atoms with Gasteiger partial charge in [-0.2, -0.15) is 0 Å². The van der Waals surface area contributed by atoms with Gasteiger partial charge in [-0.05, 0) is 12.1 Å². The molecular formula is C10H5BrO4. The molecule has 0 aliphatic heterocycles. The lowest BCUT2D eigenvalue weighted by molar-refractivity contribution is 0.0750. The van der Waals surface area contributed by atoms with E-state index in [-0.39, 0.29) is 11.2 Å². The molecule has 0 N–H and O–H groups in total. The quantitative estimate of drug-likeness (QED) is 0.796. The van der Waals surface area contributed by atoms with E-state index in [4.69, 9.17) is 4.42 Å². The Hall–Kier alpha value is -1.62. The van der Waals surface area contributed by atoms with Crippen molar-refractivity contribution in [1.82, 2.24) is 0 Å². The predicted octanol–water partition coefficient (Wildman–Crippen LogP) is 2.26. The molecule has 1 aromatic heterocycles. The molecule has 2 rings (SSSR count). The molecule has 0 fully saturated rings. The number of hydrogen-bond donors (Lipinski definition) is 0. The highest BCUT2D eigenvalue weighted by Crippen LogP contribution is 2.12. The van der Waals surface area contributed by atoms with Crippen molar-refractivity contribution >= 4 is 33.2 Å². The first-order valence-corrected chi connectivity index (χ1v) is 4.73. The van der Waals surface area contributed by atoms with Crippen molar-refractivity contribution in [3.63, 3.8) is 0 Å². The maximum atomic E-state index is 11.5. The van der Waals surface area contributed by atoms with E-state index in [1.807, 2.05) is 0 Å². The number of hydrogen-bond acceptors (Lipinski definition) is 4. The SMILES string of the molecule is O=C(OBr)c1cc(=O)c2ccccc2o1. The number of halogens is 1. The van der Waals surface area contributed by atoms with Gasteiger partial charge in [-0.25, -0.2) is 4.79 Å². The average Bonchev–Trinajstić information content (AvgIpc) is 2.28. The lowest BCUT2D eigenvalue weighted by Crippen LogP contribution is -2.06. The zero-order valence-corrected chi connectivity index (χ0v) is 8.98. The molecule has 15 heavy (non-hydrogen) atoms. The van der Waals surface area contributed by atoms with Gasteiger partial charge in [-0.15, -0.1) is 0 Å². The molecule has 0 amide bonds. The fraction of sp³-hybridized carbons (Fsp3) is 0. The highest BCUT2D eigenvalue weighted by molar-refractivity contribution is 9.06. The molecule has 76 valence electrons. The minimum Gasteiger partial charge on any atom is -0.449 e. The number of rotatable bonds is 1. The number of benzene rings is 1. The number of para-hydroxylation sites is 1. The molecule has 1 heterocycles. The second-order valence-corrected chi connectivity index (χ2v) is 3.16. The molecule has 0 spiro atoms. The molecule has 2 aromatic rings. The number of carbonyl (C=O) groups excluding carboxylic acids is 1. The number of fused-ring (bicyclic) bond motifs is 1. The van der Waals surface area contributed by atoms with Crippen LogP contribution in [0.3, 0.4) is 0 Å². The smallest absolute Gasteiger partial charge is 0.385 e. The molecule has 0 aliphatic rings. The van der Waals surface area contributed by atoms with Crippen LogP contribution < -0.4 is 5.43 Å². The summed E-state index contributed by atoms with van der Waals surface area (Å²) in [4.78, 5) is 22.6. The first-order chi connectivity index (χ1) is 7.22. The molecular weight excluding hydrogens is 264 g/mol. The second-order valence-electron chi connectivity index (χ2n) is 2.84. The van der Waals surface area contributed by atoms with E-state index in [1.54, 1.807) is 24.3 Å². The summed E-state index contributed by atoms with van der Waals surface area (Å²) in [6, 6.07) is 7.79. The van der Waals surface area contributed by atoms with E-state index in [9.17, 15) is 9.59 Å². The Morgan fingerprint density at radius 2 is 2.07 bits per heavy atom. The fourth-order valence-corrected chi connectivity index (χ4v) is 1.40. The zero-order chi connectivity index (χ0) is 10.8.